The Morgan fingerprint density at radius 1 is 1.47 bits per heavy atom. The lowest BCUT2D eigenvalue weighted by atomic mass is 10.1. The lowest BCUT2D eigenvalue weighted by molar-refractivity contribution is -0.120. The van der Waals surface area contributed by atoms with Crippen molar-refractivity contribution >= 4 is 11.8 Å². The quantitative estimate of drug-likeness (QED) is 0.597. The van der Waals surface area contributed by atoms with Crippen LogP contribution in [0.5, 0.6) is 0 Å². The Labute approximate surface area is 111 Å². The first-order valence-corrected chi connectivity index (χ1v) is 5.84. The standard InChI is InChI=1S/C14H15FN2O2/c1-2-3-4-8-12(13(16)18)17-14(19)10-6-5-7-11(15)9-10/h1,5-7,9,12H,3-4,8H2,(H2,16,18)(H,17,19)/t12-/m0/s1. The lowest BCUT2D eigenvalue weighted by Crippen LogP contribution is -2.44. The van der Waals surface area contributed by atoms with Crippen LogP contribution >= 0.6 is 0 Å². The number of benzene rings is 1. The van der Waals surface area contributed by atoms with Crippen molar-refractivity contribution in [3.05, 3.63) is 35.6 Å². The first kappa shape index (κ1) is 14.7. The van der Waals surface area contributed by atoms with Crippen LogP contribution in [0.3, 0.4) is 0 Å². The second-order valence-electron chi connectivity index (χ2n) is 4.04. The summed E-state index contributed by atoms with van der Waals surface area (Å²) in [5, 5.41) is 2.47. The molecule has 0 saturated carbocycles. The predicted molar refractivity (Wildman–Crippen MR) is 69.5 cm³/mol. The molecule has 100 valence electrons. The van der Waals surface area contributed by atoms with Gasteiger partial charge in [0.25, 0.3) is 5.91 Å². The Bertz CT molecular complexity index is 508. The smallest absolute Gasteiger partial charge is 0.252 e. The molecule has 2 amide bonds. The first-order chi connectivity index (χ1) is 9.04. The molecule has 19 heavy (non-hydrogen) atoms. The van der Waals surface area contributed by atoms with Crippen molar-refractivity contribution in [3.63, 3.8) is 0 Å². The molecule has 3 N–H and O–H groups in total. The van der Waals surface area contributed by atoms with Crippen LogP contribution in [0.2, 0.25) is 0 Å². The topological polar surface area (TPSA) is 72.2 Å². The fourth-order valence-corrected chi connectivity index (χ4v) is 1.57. The highest BCUT2D eigenvalue weighted by atomic mass is 19.1. The minimum Gasteiger partial charge on any atom is -0.368 e. The molecule has 0 aliphatic heterocycles. The van der Waals surface area contributed by atoms with E-state index >= 15 is 0 Å². The Kier molecular flexibility index (Phi) is 5.55. The first-order valence-electron chi connectivity index (χ1n) is 5.84. The van der Waals surface area contributed by atoms with E-state index in [2.05, 4.69) is 11.2 Å². The van der Waals surface area contributed by atoms with Crippen LogP contribution in [0.4, 0.5) is 4.39 Å². The van der Waals surface area contributed by atoms with Gasteiger partial charge < -0.3 is 11.1 Å². The molecule has 0 aromatic heterocycles. The molecule has 0 spiro atoms. The molecule has 0 aliphatic carbocycles. The van der Waals surface area contributed by atoms with Gasteiger partial charge in [0.15, 0.2) is 0 Å². The van der Waals surface area contributed by atoms with Crippen molar-refractivity contribution < 1.29 is 14.0 Å². The summed E-state index contributed by atoms with van der Waals surface area (Å²) >= 11 is 0. The van der Waals surface area contributed by atoms with Crippen LogP contribution in [-0.4, -0.2) is 17.9 Å². The van der Waals surface area contributed by atoms with Crippen molar-refractivity contribution in [1.82, 2.24) is 5.32 Å². The average Bonchev–Trinajstić information content (AvgIpc) is 2.37. The van der Waals surface area contributed by atoms with E-state index in [0.717, 1.165) is 6.07 Å². The number of nitrogens with two attached hydrogens (primary N) is 1. The summed E-state index contributed by atoms with van der Waals surface area (Å²) in [5.41, 5.74) is 5.34. The normalized spacial score (nSPS) is 11.4. The van der Waals surface area contributed by atoms with Gasteiger partial charge in [0.1, 0.15) is 11.9 Å². The van der Waals surface area contributed by atoms with Crippen LogP contribution in [0, 0.1) is 18.2 Å². The Balaban J connectivity index is 2.66. The molecule has 0 fully saturated rings. The zero-order chi connectivity index (χ0) is 14.3. The SMILES string of the molecule is C#CCCC[C@H](NC(=O)c1cccc(F)c1)C(N)=O. The van der Waals surface area contributed by atoms with Crippen LogP contribution in [0.25, 0.3) is 0 Å². The molecule has 0 radical (unpaired) electrons. The van der Waals surface area contributed by atoms with Crippen molar-refractivity contribution in [2.75, 3.05) is 0 Å². The minimum atomic E-state index is -0.802. The third-order valence-electron chi connectivity index (χ3n) is 2.55. The minimum absolute atomic E-state index is 0.142. The van der Waals surface area contributed by atoms with Crippen molar-refractivity contribution in [2.24, 2.45) is 5.73 Å². The number of rotatable bonds is 6. The van der Waals surface area contributed by atoms with Gasteiger partial charge in [-0.2, -0.15) is 0 Å². The predicted octanol–water partition coefficient (Wildman–Crippen LogP) is 1.21. The van der Waals surface area contributed by atoms with Gasteiger partial charge >= 0.3 is 0 Å². The Hall–Kier alpha value is -2.35. The number of amides is 2. The fourth-order valence-electron chi connectivity index (χ4n) is 1.57. The number of primary amides is 1. The third kappa shape index (κ3) is 4.80. The number of carbonyl (C=O) groups is 2. The van der Waals surface area contributed by atoms with Crippen LogP contribution in [0.15, 0.2) is 24.3 Å². The van der Waals surface area contributed by atoms with Gasteiger partial charge in [0.2, 0.25) is 5.91 Å². The summed E-state index contributed by atoms with van der Waals surface area (Å²) in [6, 6.07) is 4.40. The summed E-state index contributed by atoms with van der Waals surface area (Å²) in [6.07, 6.45) is 6.54. The van der Waals surface area contributed by atoms with E-state index in [1.807, 2.05) is 0 Å². The maximum Gasteiger partial charge on any atom is 0.252 e. The molecule has 0 bridgehead atoms. The highest BCUT2D eigenvalue weighted by molar-refractivity contribution is 5.97. The number of hydrogen-bond donors (Lipinski definition) is 2. The van der Waals surface area contributed by atoms with Gasteiger partial charge in [-0.1, -0.05) is 6.07 Å². The summed E-state index contributed by atoms with van der Waals surface area (Å²) < 4.78 is 13.0. The van der Waals surface area contributed by atoms with Crippen molar-refractivity contribution in [2.45, 2.75) is 25.3 Å². The van der Waals surface area contributed by atoms with Crippen molar-refractivity contribution in [1.29, 1.82) is 0 Å². The number of unbranched alkanes of at least 4 members (excludes halogenated alkanes) is 1. The highest BCUT2D eigenvalue weighted by Gasteiger charge is 2.18. The number of terminal acetylenes is 1. The molecule has 0 heterocycles. The molecule has 1 aromatic carbocycles. The molecule has 0 saturated heterocycles. The second kappa shape index (κ2) is 7.17. The van der Waals surface area contributed by atoms with Gasteiger partial charge in [-0.3, -0.25) is 9.59 Å². The van der Waals surface area contributed by atoms with E-state index in [1.165, 1.54) is 18.2 Å². The largest absolute Gasteiger partial charge is 0.368 e. The Morgan fingerprint density at radius 2 is 2.21 bits per heavy atom. The van der Waals surface area contributed by atoms with Crippen LogP contribution in [0.1, 0.15) is 29.6 Å². The molecule has 4 nitrogen and oxygen atoms in total. The zero-order valence-corrected chi connectivity index (χ0v) is 10.4. The van der Waals surface area contributed by atoms with E-state index in [1.54, 1.807) is 0 Å². The highest BCUT2D eigenvalue weighted by Crippen LogP contribution is 2.06. The Morgan fingerprint density at radius 3 is 2.79 bits per heavy atom. The van der Waals surface area contributed by atoms with Crippen LogP contribution < -0.4 is 11.1 Å². The van der Waals surface area contributed by atoms with E-state index in [0.29, 0.717) is 19.3 Å². The fraction of sp³-hybridized carbons (Fsp3) is 0.286. The molecule has 1 atom stereocenters. The number of nitrogens with one attached hydrogen (secondary N) is 1. The maximum absolute atomic E-state index is 13.0. The van der Waals surface area contributed by atoms with Crippen molar-refractivity contribution in [3.8, 4) is 12.3 Å². The van der Waals surface area contributed by atoms with E-state index < -0.39 is 23.7 Å². The molecule has 1 aromatic rings. The number of halogens is 1. The molecule has 0 aliphatic rings. The lowest BCUT2D eigenvalue weighted by Gasteiger charge is -2.14. The summed E-state index contributed by atoms with van der Waals surface area (Å²) in [4.78, 5) is 23.0. The van der Waals surface area contributed by atoms with Gasteiger partial charge in [-0.05, 0) is 31.0 Å². The van der Waals surface area contributed by atoms with Crippen LogP contribution in [-0.2, 0) is 4.79 Å². The number of carbonyl (C=O) groups excluding carboxylic acids is 2. The van der Waals surface area contributed by atoms with Gasteiger partial charge in [-0.25, -0.2) is 4.39 Å². The van der Waals surface area contributed by atoms with E-state index in [4.69, 9.17) is 12.2 Å². The monoisotopic (exact) mass is 262 g/mol. The van der Waals surface area contributed by atoms with Gasteiger partial charge in [-0.15, -0.1) is 12.3 Å². The molecule has 0 unspecified atom stereocenters. The zero-order valence-electron chi connectivity index (χ0n) is 10.4. The molecule has 1 rings (SSSR count). The maximum atomic E-state index is 13.0. The molecular formula is C14H15FN2O2. The summed E-state index contributed by atoms with van der Waals surface area (Å²) in [5.74, 6) is 0.747. The average molecular weight is 262 g/mol. The second-order valence-corrected chi connectivity index (χ2v) is 4.04. The van der Waals surface area contributed by atoms with E-state index in [9.17, 15) is 14.0 Å². The summed E-state index contributed by atoms with van der Waals surface area (Å²) in [7, 11) is 0. The summed E-state index contributed by atoms with van der Waals surface area (Å²) in [6.45, 7) is 0. The number of hydrogen-bond acceptors (Lipinski definition) is 2. The third-order valence-corrected chi connectivity index (χ3v) is 2.55. The van der Waals surface area contributed by atoms with E-state index in [-0.39, 0.29) is 5.56 Å². The van der Waals surface area contributed by atoms with Gasteiger partial charge in [0.05, 0.1) is 0 Å². The molecular weight excluding hydrogens is 247 g/mol. The van der Waals surface area contributed by atoms with Gasteiger partial charge in [0, 0.05) is 12.0 Å². The molecule has 5 heteroatoms.